The zero-order valence-corrected chi connectivity index (χ0v) is 16.0. The second-order valence-corrected chi connectivity index (χ2v) is 7.65. The molecule has 0 aliphatic heterocycles. The summed E-state index contributed by atoms with van der Waals surface area (Å²) < 4.78 is 2.02. The number of nitrogens with one attached hydrogen (secondary N) is 1. The Labute approximate surface area is 151 Å². The molecule has 3 heterocycles. The summed E-state index contributed by atoms with van der Waals surface area (Å²) >= 11 is 1.66. The molecule has 0 saturated carbocycles. The van der Waals surface area contributed by atoms with Gasteiger partial charge in [-0.15, -0.1) is 11.3 Å². The maximum Gasteiger partial charge on any atom is 0.318 e. The smallest absolute Gasteiger partial charge is 0.318 e. The fourth-order valence-electron chi connectivity index (χ4n) is 2.87. The number of fused-ring (bicyclic) bond motifs is 1. The van der Waals surface area contributed by atoms with Gasteiger partial charge in [0.2, 0.25) is 0 Å². The summed E-state index contributed by atoms with van der Waals surface area (Å²) in [6, 6.07) is 5.76. The van der Waals surface area contributed by atoms with Crippen LogP contribution in [-0.2, 0) is 6.54 Å². The highest BCUT2D eigenvalue weighted by Crippen LogP contribution is 2.25. The molecule has 2 amide bonds. The number of hydrogen-bond donors (Lipinski definition) is 1. The molecule has 132 valence electrons. The van der Waals surface area contributed by atoms with Crippen LogP contribution in [0.3, 0.4) is 0 Å². The van der Waals surface area contributed by atoms with E-state index in [-0.39, 0.29) is 12.1 Å². The Bertz CT molecular complexity index is 913. The number of aryl methyl sites for hydroxylation is 3. The summed E-state index contributed by atoms with van der Waals surface area (Å²) in [4.78, 5) is 24.4. The van der Waals surface area contributed by atoms with Gasteiger partial charge in [-0.05, 0) is 39.8 Å². The summed E-state index contributed by atoms with van der Waals surface area (Å²) in [6.45, 7) is 8.45. The number of carbonyl (C=O) groups excluding carboxylic acids is 1. The molecule has 0 unspecified atom stereocenters. The van der Waals surface area contributed by atoms with Crippen molar-refractivity contribution in [3.05, 3.63) is 51.4 Å². The van der Waals surface area contributed by atoms with Gasteiger partial charge >= 0.3 is 6.03 Å². The van der Waals surface area contributed by atoms with Crippen LogP contribution < -0.4 is 5.32 Å². The van der Waals surface area contributed by atoms with Crippen molar-refractivity contribution < 1.29 is 4.79 Å². The van der Waals surface area contributed by atoms with Gasteiger partial charge in [-0.25, -0.2) is 14.8 Å². The number of urea groups is 1. The Morgan fingerprint density at radius 1 is 1.32 bits per heavy atom. The molecule has 0 fully saturated rings. The van der Waals surface area contributed by atoms with Gasteiger partial charge < -0.3 is 14.6 Å². The standard InChI is InChI=1S/C18H23N5OS/c1-11-7-6-8-16-21-15(10-23(11)16)9-19-18(24)22(5)12(2)17-13(3)25-14(4)20-17/h6-8,10,12H,9H2,1-5H3,(H,19,24)/t12-/m0/s1. The van der Waals surface area contributed by atoms with Gasteiger partial charge in [0, 0.05) is 23.8 Å². The van der Waals surface area contributed by atoms with Crippen molar-refractivity contribution in [3.8, 4) is 0 Å². The van der Waals surface area contributed by atoms with Gasteiger partial charge in [0.15, 0.2) is 0 Å². The van der Waals surface area contributed by atoms with Crippen LogP contribution in [0.1, 0.15) is 39.9 Å². The molecule has 0 aliphatic carbocycles. The molecule has 3 rings (SSSR count). The molecule has 3 aromatic heterocycles. The summed E-state index contributed by atoms with van der Waals surface area (Å²) in [7, 11) is 1.79. The van der Waals surface area contributed by atoms with E-state index in [0.717, 1.165) is 32.6 Å². The third kappa shape index (κ3) is 3.51. The maximum absolute atomic E-state index is 12.5. The molecular weight excluding hydrogens is 334 g/mol. The maximum atomic E-state index is 12.5. The molecule has 25 heavy (non-hydrogen) atoms. The summed E-state index contributed by atoms with van der Waals surface area (Å²) in [5, 5.41) is 3.96. The number of imidazole rings is 1. The minimum atomic E-state index is -0.133. The number of nitrogens with zero attached hydrogens (tertiary/aromatic N) is 4. The van der Waals surface area contributed by atoms with Gasteiger partial charge in [-0.1, -0.05) is 6.07 Å². The number of carbonyl (C=O) groups is 1. The largest absolute Gasteiger partial charge is 0.332 e. The van der Waals surface area contributed by atoms with E-state index in [1.165, 1.54) is 0 Å². The first kappa shape index (κ1) is 17.4. The Hall–Kier alpha value is -2.41. The molecule has 3 aromatic rings. The van der Waals surface area contributed by atoms with E-state index >= 15 is 0 Å². The van der Waals surface area contributed by atoms with Gasteiger partial charge in [0.05, 0.1) is 29.0 Å². The second-order valence-electron chi connectivity index (χ2n) is 6.25. The van der Waals surface area contributed by atoms with Gasteiger partial charge in [-0.3, -0.25) is 0 Å². The predicted octanol–water partition coefficient (Wildman–Crippen LogP) is 3.62. The lowest BCUT2D eigenvalue weighted by Gasteiger charge is -2.24. The van der Waals surface area contributed by atoms with Crippen LogP contribution in [0.15, 0.2) is 24.4 Å². The Balaban J connectivity index is 1.66. The first-order valence-electron chi connectivity index (χ1n) is 8.25. The fraction of sp³-hybridized carbons (Fsp3) is 0.389. The fourth-order valence-corrected chi connectivity index (χ4v) is 3.77. The molecule has 0 saturated heterocycles. The Kier molecular flexibility index (Phi) is 4.76. The van der Waals surface area contributed by atoms with Crippen molar-refractivity contribution in [3.63, 3.8) is 0 Å². The van der Waals surface area contributed by atoms with E-state index in [2.05, 4.69) is 15.3 Å². The lowest BCUT2D eigenvalue weighted by atomic mass is 10.2. The minimum absolute atomic E-state index is 0.0757. The van der Waals surface area contributed by atoms with Crippen LogP contribution in [0, 0.1) is 20.8 Å². The topological polar surface area (TPSA) is 62.5 Å². The van der Waals surface area contributed by atoms with Crippen molar-refractivity contribution in [2.75, 3.05) is 7.05 Å². The quantitative estimate of drug-likeness (QED) is 0.776. The third-order valence-electron chi connectivity index (χ3n) is 4.40. The lowest BCUT2D eigenvalue weighted by molar-refractivity contribution is 0.193. The predicted molar refractivity (Wildman–Crippen MR) is 99.9 cm³/mol. The molecule has 0 radical (unpaired) electrons. The average Bonchev–Trinajstić information content (AvgIpc) is 3.14. The van der Waals surface area contributed by atoms with Crippen LogP contribution >= 0.6 is 11.3 Å². The highest BCUT2D eigenvalue weighted by atomic mass is 32.1. The summed E-state index contributed by atoms with van der Waals surface area (Å²) in [5.41, 5.74) is 3.80. The van der Waals surface area contributed by atoms with Crippen LogP contribution in [0.5, 0.6) is 0 Å². The van der Waals surface area contributed by atoms with E-state index in [9.17, 15) is 4.79 Å². The van der Waals surface area contributed by atoms with Crippen molar-refractivity contribution in [1.29, 1.82) is 0 Å². The third-order valence-corrected chi connectivity index (χ3v) is 5.30. The zero-order chi connectivity index (χ0) is 18.1. The number of thiazole rings is 1. The summed E-state index contributed by atoms with van der Waals surface area (Å²) in [6.07, 6.45) is 1.96. The highest BCUT2D eigenvalue weighted by molar-refractivity contribution is 7.11. The van der Waals surface area contributed by atoms with E-state index in [0.29, 0.717) is 6.54 Å². The first-order chi connectivity index (χ1) is 11.9. The van der Waals surface area contributed by atoms with Gasteiger partial charge in [0.1, 0.15) is 5.65 Å². The summed E-state index contributed by atoms with van der Waals surface area (Å²) in [5.74, 6) is 0. The number of aromatic nitrogens is 3. The van der Waals surface area contributed by atoms with Crippen LogP contribution in [-0.4, -0.2) is 32.3 Å². The van der Waals surface area contributed by atoms with Crippen LogP contribution in [0.4, 0.5) is 4.79 Å². The van der Waals surface area contributed by atoms with Gasteiger partial charge in [0.25, 0.3) is 0 Å². The number of pyridine rings is 1. The van der Waals surface area contributed by atoms with Crippen molar-refractivity contribution in [2.24, 2.45) is 0 Å². The van der Waals surface area contributed by atoms with Crippen molar-refractivity contribution in [1.82, 2.24) is 24.6 Å². The van der Waals surface area contributed by atoms with Crippen molar-refractivity contribution in [2.45, 2.75) is 40.3 Å². The first-order valence-corrected chi connectivity index (χ1v) is 9.06. The highest BCUT2D eigenvalue weighted by Gasteiger charge is 2.21. The van der Waals surface area contributed by atoms with Gasteiger partial charge in [-0.2, -0.15) is 0 Å². The molecule has 0 bridgehead atoms. The Morgan fingerprint density at radius 2 is 2.08 bits per heavy atom. The van der Waals surface area contributed by atoms with E-state index in [1.807, 2.05) is 56.5 Å². The monoisotopic (exact) mass is 357 g/mol. The zero-order valence-electron chi connectivity index (χ0n) is 15.2. The molecule has 1 N–H and O–H groups in total. The molecule has 0 aliphatic rings. The molecule has 7 heteroatoms. The van der Waals surface area contributed by atoms with E-state index in [1.54, 1.807) is 23.3 Å². The molecule has 0 spiro atoms. The van der Waals surface area contributed by atoms with Crippen LogP contribution in [0.25, 0.3) is 5.65 Å². The average molecular weight is 357 g/mol. The number of rotatable bonds is 4. The molecule has 1 atom stereocenters. The molecule has 0 aromatic carbocycles. The normalized spacial score (nSPS) is 12.4. The minimum Gasteiger partial charge on any atom is -0.332 e. The molecular formula is C18H23N5OS. The second kappa shape index (κ2) is 6.84. The van der Waals surface area contributed by atoms with Crippen molar-refractivity contribution >= 4 is 23.0 Å². The van der Waals surface area contributed by atoms with E-state index < -0.39 is 0 Å². The number of amides is 2. The lowest BCUT2D eigenvalue weighted by Crippen LogP contribution is -2.38. The SMILES string of the molecule is Cc1nc([C@H](C)N(C)C(=O)NCc2cn3c(C)cccc3n2)c(C)s1. The molecule has 6 nitrogen and oxygen atoms in total. The van der Waals surface area contributed by atoms with E-state index in [4.69, 9.17) is 0 Å². The Morgan fingerprint density at radius 3 is 2.72 bits per heavy atom. The van der Waals surface area contributed by atoms with Crippen LogP contribution in [0.2, 0.25) is 0 Å². The number of hydrogen-bond acceptors (Lipinski definition) is 4.